The number of halogens is 1. The van der Waals surface area contributed by atoms with E-state index >= 15 is 0 Å². The summed E-state index contributed by atoms with van der Waals surface area (Å²) in [4.78, 5) is 3.52. The fourth-order valence-corrected chi connectivity index (χ4v) is 7.98. The lowest BCUT2D eigenvalue weighted by molar-refractivity contribution is -0.0789. The number of hydrogen-bond donors (Lipinski definition) is 2. The molecule has 4 aliphatic carbocycles. The summed E-state index contributed by atoms with van der Waals surface area (Å²) in [5.74, 6) is 1.75. The number of aromatic nitrogens is 1. The van der Waals surface area contributed by atoms with E-state index < -0.39 is 0 Å². The van der Waals surface area contributed by atoms with Crippen LogP contribution in [-0.4, -0.2) is 11.0 Å². The first-order valence-electron chi connectivity index (χ1n) is 12.1. The van der Waals surface area contributed by atoms with Crippen LogP contribution in [0, 0.1) is 17.3 Å². The van der Waals surface area contributed by atoms with Crippen LogP contribution < -0.4 is 5.32 Å². The smallest absolute Gasteiger partial charge is 0.0457 e. The molecule has 3 unspecified atom stereocenters. The second kappa shape index (κ2) is 7.04. The molecule has 1 heterocycles. The summed E-state index contributed by atoms with van der Waals surface area (Å²) < 4.78 is 0. The van der Waals surface area contributed by atoms with Crippen LogP contribution in [0.3, 0.4) is 0 Å². The number of nitrogens with one attached hydrogen (secondary N) is 2. The Morgan fingerprint density at radius 2 is 1.77 bits per heavy atom. The maximum Gasteiger partial charge on any atom is 0.0457 e. The van der Waals surface area contributed by atoms with Crippen LogP contribution in [0.1, 0.15) is 63.6 Å². The van der Waals surface area contributed by atoms with E-state index in [0.29, 0.717) is 16.9 Å². The quantitative estimate of drug-likeness (QED) is 0.424. The Labute approximate surface area is 190 Å². The highest BCUT2D eigenvalue weighted by Crippen LogP contribution is 2.67. The van der Waals surface area contributed by atoms with Gasteiger partial charge < -0.3 is 10.3 Å². The number of H-pyrrole nitrogens is 1. The first-order valence-corrected chi connectivity index (χ1v) is 12.5. The number of rotatable bonds is 5. The maximum atomic E-state index is 6.23. The van der Waals surface area contributed by atoms with Crippen molar-refractivity contribution in [3.05, 3.63) is 64.8 Å². The molecule has 162 valence electrons. The van der Waals surface area contributed by atoms with E-state index in [0.717, 1.165) is 23.3 Å². The number of aromatic amines is 1. The lowest BCUT2D eigenvalue weighted by Crippen LogP contribution is -2.58. The number of benzene rings is 2. The third kappa shape index (κ3) is 3.21. The number of hydrogen-bond acceptors (Lipinski definition) is 1. The highest BCUT2D eigenvalue weighted by molar-refractivity contribution is 6.30. The lowest BCUT2D eigenvalue weighted by Gasteiger charge is -2.64. The van der Waals surface area contributed by atoms with Gasteiger partial charge in [0.05, 0.1) is 0 Å². The summed E-state index contributed by atoms with van der Waals surface area (Å²) in [6, 6.07) is 18.4. The molecule has 4 fully saturated rings. The van der Waals surface area contributed by atoms with Crippen molar-refractivity contribution in [3.63, 3.8) is 0 Å². The van der Waals surface area contributed by atoms with Gasteiger partial charge in [-0.3, -0.25) is 0 Å². The second-order valence-corrected chi connectivity index (χ2v) is 11.4. The van der Waals surface area contributed by atoms with Crippen LogP contribution in [0.5, 0.6) is 0 Å². The Bertz CT molecular complexity index is 1100. The van der Waals surface area contributed by atoms with Gasteiger partial charge in [0.2, 0.25) is 0 Å². The number of fused-ring (bicyclic) bond motifs is 1. The Balaban J connectivity index is 1.30. The molecule has 7 rings (SSSR count). The average Bonchev–Trinajstić information content (AvgIpc) is 3.16. The predicted octanol–water partition coefficient (Wildman–Crippen LogP) is 7.72. The molecule has 2 nitrogen and oxygen atoms in total. The average molecular weight is 433 g/mol. The largest absolute Gasteiger partial charge is 0.382 e. The van der Waals surface area contributed by atoms with Gasteiger partial charge in [0, 0.05) is 33.3 Å². The molecule has 3 aromatic rings. The zero-order chi connectivity index (χ0) is 21.2. The molecule has 1 aromatic heterocycles. The van der Waals surface area contributed by atoms with Gasteiger partial charge in [-0.2, -0.15) is 0 Å². The Morgan fingerprint density at radius 1 is 1.03 bits per heavy atom. The molecular formula is C28H33ClN2. The molecule has 31 heavy (non-hydrogen) atoms. The monoisotopic (exact) mass is 432 g/mol. The maximum absolute atomic E-state index is 6.23. The number of aryl methyl sites for hydroxylation is 1. The normalized spacial score (nSPS) is 32.5. The molecule has 0 saturated heterocycles. The molecule has 4 bridgehead atoms. The first-order chi connectivity index (χ1) is 15.0. The van der Waals surface area contributed by atoms with Gasteiger partial charge in [-0.1, -0.05) is 30.7 Å². The van der Waals surface area contributed by atoms with Gasteiger partial charge >= 0.3 is 0 Å². The van der Waals surface area contributed by atoms with Crippen LogP contribution >= 0.6 is 11.6 Å². The SMILES string of the molecule is CCc1cc2cc(NC(C)C34CC5CC(CC(c6ccc(Cl)cc6)(C5)C3)C4)ccc2[nH]1. The van der Waals surface area contributed by atoms with Gasteiger partial charge in [-0.15, -0.1) is 0 Å². The van der Waals surface area contributed by atoms with E-state index in [4.69, 9.17) is 11.6 Å². The van der Waals surface area contributed by atoms with E-state index in [1.54, 1.807) is 0 Å². The fourth-order valence-electron chi connectivity index (χ4n) is 7.86. The summed E-state index contributed by atoms with van der Waals surface area (Å²) >= 11 is 6.23. The van der Waals surface area contributed by atoms with Crippen molar-refractivity contribution in [1.82, 2.24) is 4.98 Å². The van der Waals surface area contributed by atoms with Gasteiger partial charge in [0.1, 0.15) is 0 Å². The molecule has 0 amide bonds. The highest BCUT2D eigenvalue weighted by Gasteiger charge is 2.59. The zero-order valence-electron chi connectivity index (χ0n) is 18.7. The first kappa shape index (κ1) is 19.7. The Hall–Kier alpha value is -1.93. The van der Waals surface area contributed by atoms with E-state index in [-0.39, 0.29) is 0 Å². The Kier molecular flexibility index (Phi) is 4.48. The van der Waals surface area contributed by atoms with E-state index in [1.807, 2.05) is 0 Å². The molecule has 3 atom stereocenters. The minimum absolute atomic E-state index is 0.352. The molecule has 0 spiro atoms. The van der Waals surface area contributed by atoms with Crippen molar-refractivity contribution in [2.45, 2.75) is 70.3 Å². The summed E-state index contributed by atoms with van der Waals surface area (Å²) in [6.45, 7) is 4.65. The molecule has 2 aromatic carbocycles. The van der Waals surface area contributed by atoms with Crippen molar-refractivity contribution in [2.24, 2.45) is 17.3 Å². The topological polar surface area (TPSA) is 27.8 Å². The second-order valence-electron chi connectivity index (χ2n) is 10.9. The summed E-state index contributed by atoms with van der Waals surface area (Å²) in [5.41, 5.74) is 6.09. The van der Waals surface area contributed by atoms with Gasteiger partial charge in [0.25, 0.3) is 0 Å². The third-order valence-electron chi connectivity index (χ3n) is 8.92. The van der Waals surface area contributed by atoms with Gasteiger partial charge in [-0.25, -0.2) is 0 Å². The third-order valence-corrected chi connectivity index (χ3v) is 9.17. The van der Waals surface area contributed by atoms with Crippen molar-refractivity contribution < 1.29 is 0 Å². The summed E-state index contributed by atoms with van der Waals surface area (Å²) in [7, 11) is 0. The molecule has 0 aliphatic heterocycles. The van der Waals surface area contributed by atoms with Gasteiger partial charge in [-0.05, 0) is 116 Å². The lowest BCUT2D eigenvalue weighted by atomic mass is 9.41. The molecule has 0 radical (unpaired) electrons. The molecule has 2 N–H and O–H groups in total. The van der Waals surface area contributed by atoms with Crippen molar-refractivity contribution in [2.75, 3.05) is 5.32 Å². The van der Waals surface area contributed by atoms with Crippen LogP contribution in [0.2, 0.25) is 5.02 Å². The van der Waals surface area contributed by atoms with Crippen molar-refractivity contribution in [1.29, 1.82) is 0 Å². The molecule has 3 heteroatoms. The van der Waals surface area contributed by atoms with Crippen LogP contribution in [-0.2, 0) is 11.8 Å². The summed E-state index contributed by atoms with van der Waals surface area (Å²) in [5, 5.41) is 6.13. The molecular weight excluding hydrogens is 400 g/mol. The number of anilines is 1. The van der Waals surface area contributed by atoms with Crippen LogP contribution in [0.15, 0.2) is 48.5 Å². The van der Waals surface area contributed by atoms with Crippen LogP contribution in [0.4, 0.5) is 5.69 Å². The molecule has 4 saturated carbocycles. The standard InChI is InChI=1S/C28H33ClN2/c1-3-24-11-21-12-25(8-9-26(21)31-24)30-18(2)27-13-19-10-20(14-27)16-28(15-19,17-27)22-4-6-23(29)7-5-22/h4-9,11-12,18-20,30-31H,3,10,13-17H2,1-2H3. The van der Waals surface area contributed by atoms with Crippen LogP contribution in [0.25, 0.3) is 10.9 Å². The van der Waals surface area contributed by atoms with E-state index in [9.17, 15) is 0 Å². The minimum atomic E-state index is 0.352. The fraction of sp³-hybridized carbons (Fsp3) is 0.500. The molecule has 4 aliphatic rings. The zero-order valence-corrected chi connectivity index (χ0v) is 19.4. The van der Waals surface area contributed by atoms with Crippen molar-refractivity contribution >= 4 is 28.2 Å². The van der Waals surface area contributed by atoms with E-state index in [1.165, 1.54) is 66.4 Å². The minimum Gasteiger partial charge on any atom is -0.382 e. The summed E-state index contributed by atoms with van der Waals surface area (Å²) in [6.07, 6.45) is 9.32. The Morgan fingerprint density at radius 3 is 2.48 bits per heavy atom. The van der Waals surface area contributed by atoms with Crippen molar-refractivity contribution in [3.8, 4) is 0 Å². The van der Waals surface area contributed by atoms with E-state index in [2.05, 4.69) is 72.7 Å². The highest BCUT2D eigenvalue weighted by atomic mass is 35.5. The predicted molar refractivity (Wildman–Crippen MR) is 131 cm³/mol. The van der Waals surface area contributed by atoms with Gasteiger partial charge in [0.15, 0.2) is 0 Å².